The summed E-state index contributed by atoms with van der Waals surface area (Å²) in [6.45, 7) is 5.97. The van der Waals surface area contributed by atoms with Gasteiger partial charge in [0.1, 0.15) is 5.60 Å². The third-order valence-corrected chi connectivity index (χ3v) is 1.83. The lowest BCUT2D eigenvalue weighted by Gasteiger charge is -2.19. The van der Waals surface area contributed by atoms with Crippen molar-refractivity contribution >= 4 is 6.09 Å². The second kappa shape index (κ2) is 6.65. The van der Waals surface area contributed by atoms with Crippen LogP contribution in [0.15, 0.2) is 24.5 Å². The van der Waals surface area contributed by atoms with Crippen LogP contribution in [0, 0.1) is 11.8 Å². The van der Waals surface area contributed by atoms with Crippen LogP contribution in [0.1, 0.15) is 32.8 Å². The molecule has 1 heterocycles. The van der Waals surface area contributed by atoms with Crippen LogP contribution in [0.25, 0.3) is 0 Å². The lowest BCUT2D eigenvalue weighted by atomic mass is 10.2. The molecule has 96 valence electrons. The summed E-state index contributed by atoms with van der Waals surface area (Å²) in [6.07, 6.45) is 3.57. The number of hydrogen-bond acceptors (Lipinski definition) is 3. The predicted molar refractivity (Wildman–Crippen MR) is 70.0 cm³/mol. The van der Waals surface area contributed by atoms with Crippen molar-refractivity contribution in [1.29, 1.82) is 0 Å². The van der Waals surface area contributed by atoms with E-state index in [0.29, 0.717) is 13.0 Å². The van der Waals surface area contributed by atoms with E-state index in [9.17, 15) is 4.79 Å². The number of ether oxygens (including phenoxy) is 1. The Morgan fingerprint density at radius 2 is 2.06 bits per heavy atom. The Morgan fingerprint density at radius 1 is 1.39 bits per heavy atom. The largest absolute Gasteiger partial charge is 0.444 e. The van der Waals surface area contributed by atoms with Gasteiger partial charge >= 0.3 is 6.09 Å². The normalized spacial score (nSPS) is 10.2. The standard InChI is InChI=1S/C14H18N2O2/c1-14(2,3)18-13(17)16-9-5-4-6-12-7-10-15-11-8-12/h7-8,10-11H,5,9H2,1-3H3,(H,16,17). The number of nitrogens with one attached hydrogen (secondary N) is 1. The van der Waals surface area contributed by atoms with Crippen LogP contribution in [-0.4, -0.2) is 23.2 Å². The van der Waals surface area contributed by atoms with Gasteiger partial charge in [-0.2, -0.15) is 0 Å². The Labute approximate surface area is 108 Å². The van der Waals surface area contributed by atoms with Crippen LogP contribution < -0.4 is 5.32 Å². The van der Waals surface area contributed by atoms with Gasteiger partial charge in [-0.1, -0.05) is 11.8 Å². The number of hydrogen-bond donors (Lipinski definition) is 1. The highest BCUT2D eigenvalue weighted by molar-refractivity contribution is 5.67. The fourth-order valence-corrected chi connectivity index (χ4v) is 1.14. The molecule has 1 aromatic heterocycles. The zero-order valence-electron chi connectivity index (χ0n) is 11.0. The van der Waals surface area contributed by atoms with Crippen LogP contribution in [0.4, 0.5) is 4.79 Å². The Kier molecular flexibility index (Phi) is 5.19. The molecule has 4 heteroatoms. The maximum Gasteiger partial charge on any atom is 0.407 e. The molecule has 0 aromatic carbocycles. The summed E-state index contributed by atoms with van der Waals surface area (Å²) in [5.41, 5.74) is 0.453. The molecule has 0 radical (unpaired) electrons. The topological polar surface area (TPSA) is 51.2 Å². The molecule has 0 atom stereocenters. The molecule has 1 aromatic rings. The zero-order valence-corrected chi connectivity index (χ0v) is 11.0. The molecule has 4 nitrogen and oxygen atoms in total. The smallest absolute Gasteiger partial charge is 0.407 e. The van der Waals surface area contributed by atoms with Crippen molar-refractivity contribution in [3.63, 3.8) is 0 Å². The molecule has 0 unspecified atom stereocenters. The molecular weight excluding hydrogens is 228 g/mol. The molecular formula is C14H18N2O2. The number of aromatic nitrogens is 1. The van der Waals surface area contributed by atoms with Gasteiger partial charge in [0.05, 0.1) is 0 Å². The van der Waals surface area contributed by atoms with Gasteiger partial charge in [0.15, 0.2) is 0 Å². The summed E-state index contributed by atoms with van der Waals surface area (Å²) < 4.78 is 5.10. The van der Waals surface area contributed by atoms with Gasteiger partial charge in [-0.25, -0.2) is 4.79 Å². The maximum atomic E-state index is 11.3. The van der Waals surface area contributed by atoms with E-state index in [4.69, 9.17) is 4.74 Å². The second-order valence-electron chi connectivity index (χ2n) is 4.72. The predicted octanol–water partition coefficient (Wildman–Crippen LogP) is 2.35. The molecule has 1 rings (SSSR count). The van der Waals surface area contributed by atoms with E-state index in [1.807, 2.05) is 32.9 Å². The lowest BCUT2D eigenvalue weighted by Crippen LogP contribution is -2.32. The summed E-state index contributed by atoms with van der Waals surface area (Å²) in [7, 11) is 0. The van der Waals surface area contributed by atoms with Gasteiger partial charge in [0.25, 0.3) is 0 Å². The number of amides is 1. The minimum absolute atomic E-state index is 0.409. The van der Waals surface area contributed by atoms with Crippen molar-refractivity contribution in [3.8, 4) is 11.8 Å². The molecule has 0 saturated carbocycles. The maximum absolute atomic E-state index is 11.3. The molecule has 0 saturated heterocycles. The Bertz CT molecular complexity index is 438. The third kappa shape index (κ3) is 6.54. The SMILES string of the molecule is CC(C)(C)OC(=O)NCCC#Cc1ccncc1. The first kappa shape index (κ1) is 14.0. The Morgan fingerprint density at radius 3 is 2.67 bits per heavy atom. The molecule has 18 heavy (non-hydrogen) atoms. The van der Waals surface area contributed by atoms with Crippen molar-refractivity contribution in [2.24, 2.45) is 0 Å². The van der Waals surface area contributed by atoms with E-state index in [2.05, 4.69) is 22.1 Å². The lowest BCUT2D eigenvalue weighted by molar-refractivity contribution is 0.0529. The van der Waals surface area contributed by atoms with Crippen LogP contribution in [0.3, 0.4) is 0 Å². The van der Waals surface area contributed by atoms with E-state index >= 15 is 0 Å². The van der Waals surface area contributed by atoms with Crippen LogP contribution in [-0.2, 0) is 4.74 Å². The van der Waals surface area contributed by atoms with E-state index in [1.165, 1.54) is 0 Å². The van der Waals surface area contributed by atoms with Crippen molar-refractivity contribution in [3.05, 3.63) is 30.1 Å². The van der Waals surface area contributed by atoms with E-state index in [0.717, 1.165) is 5.56 Å². The minimum atomic E-state index is -0.465. The summed E-state index contributed by atoms with van der Waals surface area (Å²) in [5.74, 6) is 5.96. The summed E-state index contributed by atoms with van der Waals surface area (Å²) in [6, 6.07) is 3.68. The van der Waals surface area contributed by atoms with E-state index in [1.54, 1.807) is 12.4 Å². The van der Waals surface area contributed by atoms with Gasteiger partial charge in [0, 0.05) is 30.9 Å². The molecule has 0 bridgehead atoms. The number of rotatable bonds is 2. The fraction of sp³-hybridized carbons (Fsp3) is 0.429. The zero-order chi connectivity index (χ0) is 13.4. The summed E-state index contributed by atoms with van der Waals surface area (Å²) in [4.78, 5) is 15.2. The Hall–Kier alpha value is -2.02. The highest BCUT2D eigenvalue weighted by Gasteiger charge is 2.14. The molecule has 0 aliphatic rings. The molecule has 0 aliphatic carbocycles. The van der Waals surface area contributed by atoms with Crippen LogP contribution >= 0.6 is 0 Å². The average molecular weight is 246 g/mol. The highest BCUT2D eigenvalue weighted by atomic mass is 16.6. The van der Waals surface area contributed by atoms with Gasteiger partial charge in [0.2, 0.25) is 0 Å². The first-order valence-electron chi connectivity index (χ1n) is 5.83. The second-order valence-corrected chi connectivity index (χ2v) is 4.72. The van der Waals surface area contributed by atoms with Crippen molar-refractivity contribution in [1.82, 2.24) is 10.3 Å². The van der Waals surface area contributed by atoms with Gasteiger partial charge in [-0.3, -0.25) is 4.98 Å². The van der Waals surface area contributed by atoms with Crippen molar-refractivity contribution < 1.29 is 9.53 Å². The molecule has 0 spiro atoms. The van der Waals surface area contributed by atoms with Crippen molar-refractivity contribution in [2.75, 3.05) is 6.54 Å². The molecule has 0 aliphatic heterocycles. The van der Waals surface area contributed by atoms with E-state index in [-0.39, 0.29) is 0 Å². The third-order valence-electron chi connectivity index (χ3n) is 1.83. The number of alkyl carbamates (subject to hydrolysis) is 1. The Balaban J connectivity index is 2.24. The first-order valence-corrected chi connectivity index (χ1v) is 5.83. The minimum Gasteiger partial charge on any atom is -0.444 e. The van der Waals surface area contributed by atoms with Crippen LogP contribution in [0.5, 0.6) is 0 Å². The van der Waals surface area contributed by atoms with Gasteiger partial charge in [-0.15, -0.1) is 0 Å². The van der Waals surface area contributed by atoms with E-state index < -0.39 is 11.7 Å². The molecule has 0 fully saturated rings. The van der Waals surface area contributed by atoms with Gasteiger partial charge < -0.3 is 10.1 Å². The summed E-state index contributed by atoms with van der Waals surface area (Å²) >= 11 is 0. The highest BCUT2D eigenvalue weighted by Crippen LogP contribution is 2.06. The number of carbonyl (C=O) groups excluding carboxylic acids is 1. The monoisotopic (exact) mass is 246 g/mol. The summed E-state index contributed by atoms with van der Waals surface area (Å²) in [5, 5.41) is 2.65. The fourth-order valence-electron chi connectivity index (χ4n) is 1.14. The quantitative estimate of drug-likeness (QED) is 0.643. The van der Waals surface area contributed by atoms with Crippen molar-refractivity contribution in [2.45, 2.75) is 32.8 Å². The number of pyridine rings is 1. The van der Waals surface area contributed by atoms with Gasteiger partial charge in [-0.05, 0) is 32.9 Å². The molecule has 1 N–H and O–H groups in total. The number of nitrogens with zero attached hydrogens (tertiary/aromatic N) is 1. The number of carbonyl (C=O) groups is 1. The van der Waals surface area contributed by atoms with Crippen LogP contribution in [0.2, 0.25) is 0 Å². The first-order chi connectivity index (χ1) is 8.47. The average Bonchev–Trinajstić information content (AvgIpc) is 2.27. The molecule has 1 amide bonds.